The predicted octanol–water partition coefficient (Wildman–Crippen LogP) is 0.716. The molecule has 0 amide bonds. The molecule has 1 aromatic rings. The number of hydrogen-bond acceptors (Lipinski definition) is 5. The standard InChI is InChI=1S/C11H11NO5/c1-5-8(11(15)16)12-10(17-5)6-3-2-4-7(13)9(6)14/h2-5,8,13-14H,1H3,(H,15,16)/t5-,8+/m1/s1. The van der Waals surface area contributed by atoms with Crippen molar-refractivity contribution in [2.75, 3.05) is 0 Å². The van der Waals surface area contributed by atoms with Crippen LogP contribution < -0.4 is 0 Å². The molecule has 6 nitrogen and oxygen atoms in total. The molecule has 0 bridgehead atoms. The van der Waals surface area contributed by atoms with E-state index in [4.69, 9.17) is 9.84 Å². The van der Waals surface area contributed by atoms with Crippen LogP contribution in [0.5, 0.6) is 11.5 Å². The lowest BCUT2D eigenvalue weighted by Crippen LogP contribution is -2.27. The van der Waals surface area contributed by atoms with E-state index >= 15 is 0 Å². The number of nitrogens with zero attached hydrogens (tertiary/aromatic N) is 1. The maximum absolute atomic E-state index is 10.8. The zero-order chi connectivity index (χ0) is 12.6. The SMILES string of the molecule is C[C@H]1OC(c2cccc(O)c2O)=N[C@@H]1C(=O)O. The Morgan fingerprint density at radius 2 is 2.12 bits per heavy atom. The van der Waals surface area contributed by atoms with Gasteiger partial charge in [-0.1, -0.05) is 6.07 Å². The highest BCUT2D eigenvalue weighted by molar-refractivity contribution is 6.00. The first-order valence-electron chi connectivity index (χ1n) is 4.99. The van der Waals surface area contributed by atoms with Crippen molar-refractivity contribution in [3.63, 3.8) is 0 Å². The number of hydrogen-bond donors (Lipinski definition) is 3. The van der Waals surface area contributed by atoms with E-state index in [1.165, 1.54) is 18.2 Å². The van der Waals surface area contributed by atoms with Crippen LogP contribution in [-0.2, 0) is 9.53 Å². The van der Waals surface area contributed by atoms with Gasteiger partial charge in [0.1, 0.15) is 6.10 Å². The van der Waals surface area contributed by atoms with E-state index in [9.17, 15) is 15.0 Å². The van der Waals surface area contributed by atoms with Gasteiger partial charge in [-0.3, -0.25) is 0 Å². The van der Waals surface area contributed by atoms with E-state index < -0.39 is 18.1 Å². The molecule has 1 aliphatic heterocycles. The molecule has 0 unspecified atom stereocenters. The summed E-state index contributed by atoms with van der Waals surface area (Å²) in [6.07, 6.45) is -0.607. The number of carbonyl (C=O) groups is 1. The normalized spacial score (nSPS) is 23.0. The molecule has 6 heteroatoms. The number of rotatable bonds is 2. The van der Waals surface area contributed by atoms with E-state index in [1.54, 1.807) is 6.92 Å². The summed E-state index contributed by atoms with van der Waals surface area (Å²) in [6, 6.07) is 3.32. The smallest absolute Gasteiger partial charge is 0.332 e. The van der Waals surface area contributed by atoms with Crippen molar-refractivity contribution < 1.29 is 24.9 Å². The Bertz CT molecular complexity index is 497. The molecule has 17 heavy (non-hydrogen) atoms. The molecule has 3 N–H and O–H groups in total. The summed E-state index contributed by atoms with van der Waals surface area (Å²) in [5, 5.41) is 27.8. The molecule has 0 aliphatic carbocycles. The third-order valence-corrected chi connectivity index (χ3v) is 2.50. The fraction of sp³-hybridized carbons (Fsp3) is 0.273. The third-order valence-electron chi connectivity index (χ3n) is 2.50. The largest absolute Gasteiger partial charge is 0.504 e. The number of phenolic OH excluding ortho intramolecular Hbond substituents is 2. The van der Waals surface area contributed by atoms with Crippen LogP contribution in [0.2, 0.25) is 0 Å². The molecule has 1 aromatic carbocycles. The van der Waals surface area contributed by atoms with Crippen LogP contribution in [0, 0.1) is 0 Å². The van der Waals surface area contributed by atoms with Gasteiger partial charge in [-0.2, -0.15) is 0 Å². The number of ether oxygens (including phenoxy) is 1. The number of para-hydroxylation sites is 1. The van der Waals surface area contributed by atoms with E-state index in [0.29, 0.717) is 0 Å². The van der Waals surface area contributed by atoms with Gasteiger partial charge in [0.05, 0.1) is 5.56 Å². The minimum atomic E-state index is -1.09. The second-order valence-corrected chi connectivity index (χ2v) is 3.71. The van der Waals surface area contributed by atoms with Crippen LogP contribution in [-0.4, -0.2) is 39.3 Å². The fourth-order valence-electron chi connectivity index (χ4n) is 1.60. The summed E-state index contributed by atoms with van der Waals surface area (Å²) >= 11 is 0. The first-order chi connectivity index (χ1) is 8.00. The zero-order valence-corrected chi connectivity index (χ0v) is 8.99. The summed E-state index contributed by atoms with van der Waals surface area (Å²) in [6.45, 7) is 1.58. The van der Waals surface area contributed by atoms with Crippen LogP contribution in [0.25, 0.3) is 0 Å². The third kappa shape index (κ3) is 1.89. The molecular weight excluding hydrogens is 226 g/mol. The van der Waals surface area contributed by atoms with E-state index in [-0.39, 0.29) is 23.0 Å². The molecule has 0 fully saturated rings. The number of phenols is 2. The van der Waals surface area contributed by atoms with Crippen molar-refractivity contribution in [2.24, 2.45) is 4.99 Å². The van der Waals surface area contributed by atoms with E-state index in [1.807, 2.05) is 0 Å². The Kier molecular flexibility index (Phi) is 2.63. The molecule has 2 atom stereocenters. The highest BCUT2D eigenvalue weighted by Gasteiger charge is 2.34. The Morgan fingerprint density at radius 1 is 1.41 bits per heavy atom. The highest BCUT2D eigenvalue weighted by Crippen LogP contribution is 2.31. The highest BCUT2D eigenvalue weighted by atomic mass is 16.5. The number of aromatic hydroxyl groups is 2. The van der Waals surface area contributed by atoms with E-state index in [0.717, 1.165) is 0 Å². The fourth-order valence-corrected chi connectivity index (χ4v) is 1.60. The molecule has 90 valence electrons. The minimum absolute atomic E-state index is 0.0262. The van der Waals surface area contributed by atoms with Gasteiger partial charge in [0, 0.05) is 0 Å². The van der Waals surface area contributed by atoms with Gasteiger partial charge in [-0.05, 0) is 19.1 Å². The van der Waals surface area contributed by atoms with Crippen molar-refractivity contribution in [1.29, 1.82) is 0 Å². The Balaban J connectivity index is 2.39. The van der Waals surface area contributed by atoms with Gasteiger partial charge in [-0.15, -0.1) is 0 Å². The predicted molar refractivity (Wildman–Crippen MR) is 58.3 cm³/mol. The Morgan fingerprint density at radius 3 is 2.71 bits per heavy atom. The molecule has 0 saturated carbocycles. The number of benzene rings is 1. The number of carboxylic acids is 1. The quantitative estimate of drug-likeness (QED) is 0.658. The van der Waals surface area contributed by atoms with Crippen molar-refractivity contribution in [1.82, 2.24) is 0 Å². The second-order valence-electron chi connectivity index (χ2n) is 3.71. The Hall–Kier alpha value is -2.24. The first-order valence-corrected chi connectivity index (χ1v) is 4.99. The lowest BCUT2D eigenvalue weighted by atomic mass is 10.2. The summed E-state index contributed by atoms with van der Waals surface area (Å²) in [5.41, 5.74) is 0.181. The van der Waals surface area contributed by atoms with Crippen LogP contribution in [0.3, 0.4) is 0 Å². The van der Waals surface area contributed by atoms with Crippen molar-refractivity contribution in [2.45, 2.75) is 19.1 Å². The molecule has 0 saturated heterocycles. The van der Waals surface area contributed by atoms with Gasteiger partial charge >= 0.3 is 5.97 Å². The number of carboxylic acid groups (broad SMARTS) is 1. The van der Waals surface area contributed by atoms with Crippen LogP contribution in [0.15, 0.2) is 23.2 Å². The van der Waals surface area contributed by atoms with Gasteiger partial charge in [0.15, 0.2) is 17.5 Å². The van der Waals surface area contributed by atoms with E-state index in [2.05, 4.69) is 4.99 Å². The lowest BCUT2D eigenvalue weighted by Gasteiger charge is -2.09. The summed E-state index contributed by atoms with van der Waals surface area (Å²) in [4.78, 5) is 14.7. The summed E-state index contributed by atoms with van der Waals surface area (Å²) < 4.78 is 5.26. The van der Waals surface area contributed by atoms with Crippen molar-refractivity contribution in [3.8, 4) is 11.5 Å². The van der Waals surface area contributed by atoms with Crippen LogP contribution in [0.4, 0.5) is 0 Å². The molecule has 1 aliphatic rings. The average molecular weight is 237 g/mol. The van der Waals surface area contributed by atoms with Gasteiger partial charge in [-0.25, -0.2) is 9.79 Å². The summed E-state index contributed by atoms with van der Waals surface area (Å²) in [7, 11) is 0. The van der Waals surface area contributed by atoms with Gasteiger partial charge in [0.25, 0.3) is 0 Å². The van der Waals surface area contributed by atoms with Crippen molar-refractivity contribution >= 4 is 11.9 Å². The minimum Gasteiger partial charge on any atom is -0.504 e. The van der Waals surface area contributed by atoms with Crippen molar-refractivity contribution in [3.05, 3.63) is 23.8 Å². The lowest BCUT2D eigenvalue weighted by molar-refractivity contribution is -0.139. The monoisotopic (exact) mass is 237 g/mol. The average Bonchev–Trinajstić information content (AvgIpc) is 2.64. The van der Waals surface area contributed by atoms with Crippen LogP contribution in [0.1, 0.15) is 12.5 Å². The molecule has 1 heterocycles. The molecule has 0 spiro atoms. The molecule has 2 rings (SSSR count). The molecule has 0 aromatic heterocycles. The summed E-state index contributed by atoms with van der Waals surface area (Å²) in [5.74, 6) is -1.74. The maximum atomic E-state index is 10.8. The van der Waals surface area contributed by atoms with Crippen LogP contribution >= 0.6 is 0 Å². The molecule has 0 radical (unpaired) electrons. The second kappa shape index (κ2) is 3.97. The first kappa shape index (κ1) is 11.3. The Labute approximate surface area is 96.8 Å². The zero-order valence-electron chi connectivity index (χ0n) is 8.99. The number of aliphatic carboxylic acids is 1. The molecular formula is C11H11NO5. The maximum Gasteiger partial charge on any atom is 0.332 e. The number of aliphatic imine (C=N–C) groups is 1. The topological polar surface area (TPSA) is 99.4 Å². The van der Waals surface area contributed by atoms with Gasteiger partial charge in [0.2, 0.25) is 5.90 Å². The van der Waals surface area contributed by atoms with Gasteiger partial charge < -0.3 is 20.1 Å².